The lowest BCUT2D eigenvalue weighted by atomic mass is 10.1. The summed E-state index contributed by atoms with van der Waals surface area (Å²) in [5.74, 6) is 0. The van der Waals surface area contributed by atoms with Gasteiger partial charge in [-0.2, -0.15) is 4.98 Å². The third-order valence-corrected chi connectivity index (χ3v) is 7.27. The smallest absolute Gasteiger partial charge is 0.299 e. The molecule has 2 aliphatic heterocycles. The fourth-order valence-electron chi connectivity index (χ4n) is 5.16. The van der Waals surface area contributed by atoms with E-state index in [1.807, 2.05) is 0 Å². The number of benzene rings is 2. The highest BCUT2D eigenvalue weighted by atomic mass is 16.5. The number of rotatable bonds is 6. The molecule has 0 radical (unpaired) electrons. The first-order valence-electron chi connectivity index (χ1n) is 12.8. The highest BCUT2D eigenvalue weighted by molar-refractivity contribution is 5.53. The summed E-state index contributed by atoms with van der Waals surface area (Å²) in [6.07, 6.45) is 4.81. The van der Waals surface area contributed by atoms with E-state index in [-0.39, 0.29) is 11.7 Å². The number of piperidine rings is 1. The Balaban J connectivity index is 1.05. The zero-order valence-corrected chi connectivity index (χ0v) is 21.0. The maximum Gasteiger partial charge on any atom is 0.299 e. The Labute approximate surface area is 216 Å². The van der Waals surface area contributed by atoms with Gasteiger partial charge < -0.3 is 9.64 Å². The van der Waals surface area contributed by atoms with Crippen LogP contribution in [-0.2, 0) is 26.7 Å². The van der Waals surface area contributed by atoms with Crippen LogP contribution in [0.1, 0.15) is 29.5 Å². The van der Waals surface area contributed by atoms with E-state index >= 15 is 0 Å². The predicted octanol–water partition coefficient (Wildman–Crippen LogP) is 3.80. The highest BCUT2D eigenvalue weighted by Gasteiger charge is 2.23. The maximum absolute atomic E-state index is 12.5. The van der Waals surface area contributed by atoms with Crippen molar-refractivity contribution in [2.24, 2.45) is 7.05 Å². The summed E-state index contributed by atoms with van der Waals surface area (Å²) < 4.78 is 7.66. The van der Waals surface area contributed by atoms with Crippen molar-refractivity contribution in [1.82, 2.24) is 24.4 Å². The molecule has 1 fully saturated rings. The van der Waals surface area contributed by atoms with Crippen LogP contribution in [0.3, 0.4) is 0 Å². The minimum atomic E-state index is -0.172. The van der Waals surface area contributed by atoms with Crippen molar-refractivity contribution in [3.05, 3.63) is 100 Å². The molecule has 0 N–H and O–H groups in total. The van der Waals surface area contributed by atoms with Gasteiger partial charge in [0, 0.05) is 70.6 Å². The van der Waals surface area contributed by atoms with E-state index < -0.39 is 0 Å². The monoisotopic (exact) mass is 494 g/mol. The van der Waals surface area contributed by atoms with Crippen LogP contribution in [0.25, 0.3) is 11.4 Å². The molecule has 1 saturated heterocycles. The van der Waals surface area contributed by atoms with Crippen LogP contribution in [0.5, 0.6) is 6.01 Å². The van der Waals surface area contributed by atoms with Crippen LogP contribution in [0.2, 0.25) is 0 Å². The summed E-state index contributed by atoms with van der Waals surface area (Å²) in [7, 11) is 1.69. The molecule has 2 aromatic carbocycles. The molecule has 8 heteroatoms. The fourth-order valence-corrected chi connectivity index (χ4v) is 5.16. The molecule has 0 unspecified atom stereocenters. The van der Waals surface area contributed by atoms with Gasteiger partial charge in [-0.15, -0.1) is 0 Å². The molecule has 0 atom stereocenters. The molecule has 8 nitrogen and oxygen atoms in total. The second kappa shape index (κ2) is 10.1. The summed E-state index contributed by atoms with van der Waals surface area (Å²) >= 11 is 0. The Bertz CT molecular complexity index is 1400. The largest absolute Gasteiger partial charge is 0.461 e. The van der Waals surface area contributed by atoms with Crippen molar-refractivity contribution in [2.45, 2.75) is 38.6 Å². The Kier molecular flexibility index (Phi) is 6.40. The molecule has 37 heavy (non-hydrogen) atoms. The van der Waals surface area contributed by atoms with E-state index in [1.54, 1.807) is 19.3 Å². The summed E-state index contributed by atoms with van der Waals surface area (Å²) in [4.78, 5) is 30.1. The van der Waals surface area contributed by atoms with Crippen molar-refractivity contribution in [3.63, 3.8) is 0 Å². The minimum absolute atomic E-state index is 0.00562. The maximum atomic E-state index is 12.5. The van der Waals surface area contributed by atoms with Crippen molar-refractivity contribution in [1.29, 1.82) is 0 Å². The second-order valence-corrected chi connectivity index (χ2v) is 9.80. The SMILES string of the molecule is Cn1c(OC2CCN(c3ccc(CN4Cc5ccccc5C4)cc3)CC2)nc(-c2ccncn2)cc1=O. The number of hydrogen-bond donors (Lipinski definition) is 0. The summed E-state index contributed by atoms with van der Waals surface area (Å²) in [5, 5.41) is 0. The van der Waals surface area contributed by atoms with Crippen LogP contribution in [0.4, 0.5) is 5.69 Å². The Hall–Kier alpha value is -4.04. The Morgan fingerprint density at radius 2 is 1.68 bits per heavy atom. The lowest BCUT2D eigenvalue weighted by Gasteiger charge is -2.33. The van der Waals surface area contributed by atoms with Gasteiger partial charge in [0.15, 0.2) is 0 Å². The summed E-state index contributed by atoms with van der Waals surface area (Å²) in [5.41, 5.74) is 6.39. The number of hydrogen-bond acceptors (Lipinski definition) is 7. The van der Waals surface area contributed by atoms with E-state index in [9.17, 15) is 4.79 Å². The van der Waals surface area contributed by atoms with Gasteiger partial charge in [0.05, 0.1) is 11.4 Å². The first-order chi connectivity index (χ1) is 18.1. The molecule has 0 aliphatic carbocycles. The summed E-state index contributed by atoms with van der Waals surface area (Å²) in [6, 6.07) is 21.2. The van der Waals surface area contributed by atoms with Gasteiger partial charge in [-0.3, -0.25) is 14.3 Å². The van der Waals surface area contributed by atoms with Gasteiger partial charge in [0.1, 0.15) is 12.4 Å². The van der Waals surface area contributed by atoms with Crippen molar-refractivity contribution in [3.8, 4) is 17.4 Å². The lowest BCUT2D eigenvalue weighted by molar-refractivity contribution is 0.149. The minimum Gasteiger partial charge on any atom is -0.461 e. The van der Waals surface area contributed by atoms with Crippen LogP contribution in [-0.4, -0.2) is 43.6 Å². The van der Waals surface area contributed by atoms with Crippen LogP contribution in [0.15, 0.2) is 78.0 Å². The molecule has 188 valence electrons. The first kappa shape index (κ1) is 23.4. The Morgan fingerprint density at radius 1 is 0.946 bits per heavy atom. The molecule has 6 rings (SSSR count). The zero-order valence-electron chi connectivity index (χ0n) is 21.0. The average molecular weight is 495 g/mol. The average Bonchev–Trinajstić information content (AvgIpc) is 3.35. The molecule has 2 aromatic heterocycles. The number of fused-ring (bicyclic) bond motifs is 1. The van der Waals surface area contributed by atoms with Gasteiger partial charge in [-0.1, -0.05) is 36.4 Å². The number of nitrogens with zero attached hydrogens (tertiary/aromatic N) is 6. The summed E-state index contributed by atoms with van der Waals surface area (Å²) in [6.45, 7) is 4.79. The topological polar surface area (TPSA) is 76.4 Å². The van der Waals surface area contributed by atoms with Gasteiger partial charge in [-0.25, -0.2) is 9.97 Å². The Morgan fingerprint density at radius 3 is 2.35 bits per heavy atom. The van der Waals surface area contributed by atoms with Crippen molar-refractivity contribution < 1.29 is 4.74 Å². The van der Waals surface area contributed by atoms with Gasteiger partial charge in [0.2, 0.25) is 0 Å². The lowest BCUT2D eigenvalue weighted by Crippen LogP contribution is -2.39. The number of anilines is 1. The number of aromatic nitrogens is 4. The molecular weight excluding hydrogens is 464 g/mol. The van der Waals surface area contributed by atoms with Crippen molar-refractivity contribution in [2.75, 3.05) is 18.0 Å². The van der Waals surface area contributed by atoms with E-state index in [0.29, 0.717) is 17.4 Å². The third kappa shape index (κ3) is 5.11. The molecule has 4 aromatic rings. The third-order valence-electron chi connectivity index (χ3n) is 7.27. The van der Waals surface area contributed by atoms with Crippen LogP contribution in [0, 0.1) is 0 Å². The van der Waals surface area contributed by atoms with E-state index in [2.05, 4.69) is 73.3 Å². The van der Waals surface area contributed by atoms with Crippen LogP contribution < -0.4 is 15.2 Å². The fraction of sp³-hybridized carbons (Fsp3) is 0.310. The standard InChI is InChI=1S/C29H30N6O2/c1-33-28(36)16-27(26-10-13-30-20-31-26)32-29(33)37-25-11-14-35(15-12-25)24-8-6-21(7-9-24)17-34-18-22-4-2-3-5-23(22)19-34/h2-10,13,16,20,25H,11-12,14-15,17-19H2,1H3. The normalized spacial score (nSPS) is 16.1. The molecular formula is C29H30N6O2. The van der Waals surface area contributed by atoms with Gasteiger partial charge in [0.25, 0.3) is 11.6 Å². The molecule has 0 bridgehead atoms. The van der Waals surface area contributed by atoms with E-state index in [4.69, 9.17) is 4.74 Å². The number of ether oxygens (including phenoxy) is 1. The highest BCUT2D eigenvalue weighted by Crippen LogP contribution is 2.26. The molecule has 0 saturated carbocycles. The molecule has 2 aliphatic rings. The first-order valence-corrected chi connectivity index (χ1v) is 12.8. The molecule has 0 spiro atoms. The van der Waals surface area contributed by atoms with Crippen molar-refractivity contribution >= 4 is 5.69 Å². The van der Waals surface area contributed by atoms with E-state index in [1.165, 1.54) is 39.3 Å². The van der Waals surface area contributed by atoms with E-state index in [0.717, 1.165) is 45.6 Å². The van der Waals surface area contributed by atoms with Crippen LogP contribution >= 0.6 is 0 Å². The zero-order chi connectivity index (χ0) is 25.2. The predicted molar refractivity (Wildman–Crippen MR) is 142 cm³/mol. The second-order valence-electron chi connectivity index (χ2n) is 9.80. The quantitative estimate of drug-likeness (QED) is 0.404. The molecule has 4 heterocycles. The van der Waals surface area contributed by atoms with Gasteiger partial charge >= 0.3 is 0 Å². The molecule has 0 amide bonds. The van der Waals surface area contributed by atoms with Gasteiger partial charge in [-0.05, 0) is 34.9 Å².